The summed E-state index contributed by atoms with van der Waals surface area (Å²) in [5, 5.41) is 8.56. The third kappa shape index (κ3) is 2.89. The first-order chi connectivity index (χ1) is 12.7. The van der Waals surface area contributed by atoms with Crippen molar-refractivity contribution in [3.05, 3.63) is 64.5 Å². The van der Waals surface area contributed by atoms with Gasteiger partial charge in [0, 0.05) is 49.6 Å². The lowest BCUT2D eigenvalue weighted by Crippen LogP contribution is -2.40. The van der Waals surface area contributed by atoms with Crippen LogP contribution in [0.2, 0.25) is 0 Å². The lowest BCUT2D eigenvalue weighted by Gasteiger charge is -2.32. The number of carbonyl (C=O) groups is 1. The first-order valence-electron chi connectivity index (χ1n) is 8.97. The zero-order valence-electron chi connectivity index (χ0n) is 14.7. The fraction of sp³-hybridized carbons (Fsp3) is 0.368. The Morgan fingerprint density at radius 3 is 2.92 bits per heavy atom. The number of rotatable bonds is 3. The minimum absolute atomic E-state index is 0.0936. The lowest BCUT2D eigenvalue weighted by molar-refractivity contribution is 0.0703. The number of amides is 1. The summed E-state index contributed by atoms with van der Waals surface area (Å²) in [7, 11) is 0. The molecule has 0 bridgehead atoms. The second-order valence-corrected chi connectivity index (χ2v) is 6.62. The van der Waals surface area contributed by atoms with E-state index < -0.39 is 0 Å². The third-order valence-electron chi connectivity index (χ3n) is 5.00. The summed E-state index contributed by atoms with van der Waals surface area (Å²) in [5.74, 6) is 0.935. The normalized spacial score (nSPS) is 17.6. The number of nitrogens with zero attached hydrogens (tertiary/aromatic N) is 5. The molecule has 0 N–H and O–H groups in total. The van der Waals surface area contributed by atoms with Gasteiger partial charge in [0.15, 0.2) is 5.65 Å². The van der Waals surface area contributed by atoms with Gasteiger partial charge in [-0.15, -0.1) is 10.2 Å². The summed E-state index contributed by atoms with van der Waals surface area (Å²) in [6.45, 7) is 3.79. The van der Waals surface area contributed by atoms with Crippen molar-refractivity contribution >= 4 is 11.6 Å². The second-order valence-electron chi connectivity index (χ2n) is 6.62. The standard InChI is InChI=1S/C19H21N5O2/c1-2-22-11-8-14(12-17(22)25)19(26)23-9-5-6-15(13-23)18-21-20-16-7-3-4-10-24(16)18/h3-4,7-8,10-12,15H,2,5-6,9,13H2,1H3/t15-/m0/s1. The van der Waals surface area contributed by atoms with Gasteiger partial charge in [-0.05, 0) is 38.0 Å². The predicted molar refractivity (Wildman–Crippen MR) is 97.2 cm³/mol. The maximum atomic E-state index is 12.9. The minimum atomic E-state index is -0.143. The Morgan fingerprint density at radius 1 is 1.23 bits per heavy atom. The van der Waals surface area contributed by atoms with Gasteiger partial charge in [0.1, 0.15) is 5.82 Å². The van der Waals surface area contributed by atoms with Gasteiger partial charge >= 0.3 is 0 Å². The molecule has 26 heavy (non-hydrogen) atoms. The highest BCUT2D eigenvalue weighted by molar-refractivity contribution is 5.94. The largest absolute Gasteiger partial charge is 0.338 e. The molecule has 7 nitrogen and oxygen atoms in total. The topological polar surface area (TPSA) is 72.5 Å². The molecule has 4 rings (SSSR count). The third-order valence-corrected chi connectivity index (χ3v) is 5.00. The van der Waals surface area contributed by atoms with E-state index in [4.69, 9.17) is 0 Å². The number of hydrogen-bond acceptors (Lipinski definition) is 4. The van der Waals surface area contributed by atoms with Crippen LogP contribution in [0, 0.1) is 0 Å². The fourth-order valence-corrected chi connectivity index (χ4v) is 3.60. The van der Waals surface area contributed by atoms with Gasteiger partial charge in [0.05, 0.1) is 0 Å². The molecule has 1 fully saturated rings. The summed E-state index contributed by atoms with van der Waals surface area (Å²) >= 11 is 0. The van der Waals surface area contributed by atoms with Crippen molar-refractivity contribution in [1.29, 1.82) is 0 Å². The predicted octanol–water partition coefficient (Wildman–Crippen LogP) is 1.93. The minimum Gasteiger partial charge on any atom is -0.338 e. The van der Waals surface area contributed by atoms with Crippen molar-refractivity contribution in [1.82, 2.24) is 24.1 Å². The van der Waals surface area contributed by atoms with Crippen molar-refractivity contribution in [2.24, 2.45) is 0 Å². The smallest absolute Gasteiger partial charge is 0.254 e. The number of fused-ring (bicyclic) bond motifs is 1. The van der Waals surface area contributed by atoms with Gasteiger partial charge in [-0.3, -0.25) is 14.0 Å². The zero-order chi connectivity index (χ0) is 18.1. The van der Waals surface area contributed by atoms with Gasteiger partial charge < -0.3 is 9.47 Å². The maximum Gasteiger partial charge on any atom is 0.254 e. The summed E-state index contributed by atoms with van der Waals surface area (Å²) in [6.07, 6.45) is 5.51. The van der Waals surface area contributed by atoms with Crippen LogP contribution < -0.4 is 5.56 Å². The Hall–Kier alpha value is -2.96. The number of hydrogen-bond donors (Lipinski definition) is 0. The van der Waals surface area contributed by atoms with Crippen molar-refractivity contribution < 1.29 is 4.79 Å². The van der Waals surface area contributed by atoms with Crippen LogP contribution in [-0.2, 0) is 6.54 Å². The second kappa shape index (κ2) is 6.74. The van der Waals surface area contributed by atoms with E-state index in [1.165, 1.54) is 6.07 Å². The Balaban J connectivity index is 1.57. The molecule has 3 aromatic rings. The van der Waals surface area contributed by atoms with E-state index in [0.717, 1.165) is 24.3 Å². The van der Waals surface area contributed by atoms with Crippen LogP contribution in [-0.4, -0.2) is 43.1 Å². The van der Waals surface area contributed by atoms with E-state index in [0.29, 0.717) is 25.2 Å². The Morgan fingerprint density at radius 2 is 2.12 bits per heavy atom. The van der Waals surface area contributed by atoms with E-state index in [-0.39, 0.29) is 17.4 Å². The lowest BCUT2D eigenvalue weighted by atomic mass is 9.96. The quantitative estimate of drug-likeness (QED) is 0.723. The molecule has 0 aliphatic carbocycles. The van der Waals surface area contributed by atoms with E-state index in [2.05, 4.69) is 10.2 Å². The average Bonchev–Trinajstić information content (AvgIpc) is 3.11. The average molecular weight is 351 g/mol. The molecule has 134 valence electrons. The number of piperidine rings is 1. The van der Waals surface area contributed by atoms with Gasteiger partial charge in [0.2, 0.25) is 0 Å². The highest BCUT2D eigenvalue weighted by Crippen LogP contribution is 2.26. The Bertz CT molecular complexity index is 1010. The Kier molecular flexibility index (Phi) is 4.28. The number of aromatic nitrogens is 4. The molecule has 7 heteroatoms. The maximum absolute atomic E-state index is 12.9. The first-order valence-corrected chi connectivity index (χ1v) is 8.97. The number of aryl methyl sites for hydroxylation is 1. The zero-order valence-corrected chi connectivity index (χ0v) is 14.7. The molecule has 0 aromatic carbocycles. The van der Waals surface area contributed by atoms with E-state index in [9.17, 15) is 9.59 Å². The molecule has 3 aromatic heterocycles. The van der Waals surface area contributed by atoms with Gasteiger partial charge in [-0.2, -0.15) is 0 Å². The number of carbonyl (C=O) groups excluding carboxylic acids is 1. The van der Waals surface area contributed by atoms with Crippen LogP contribution in [0.1, 0.15) is 41.9 Å². The Labute approximate surface area is 150 Å². The molecule has 4 heterocycles. The first kappa shape index (κ1) is 16.5. The molecule has 1 atom stereocenters. The van der Waals surface area contributed by atoms with Crippen molar-refractivity contribution in [3.8, 4) is 0 Å². The van der Waals surface area contributed by atoms with Gasteiger partial charge in [0.25, 0.3) is 11.5 Å². The van der Waals surface area contributed by atoms with Crippen LogP contribution in [0.5, 0.6) is 0 Å². The van der Waals surface area contributed by atoms with Crippen LogP contribution in [0.3, 0.4) is 0 Å². The summed E-state index contributed by atoms with van der Waals surface area (Å²) in [4.78, 5) is 26.7. The molecule has 1 saturated heterocycles. The molecule has 1 amide bonds. The van der Waals surface area contributed by atoms with Crippen LogP contribution in [0.15, 0.2) is 47.5 Å². The van der Waals surface area contributed by atoms with Crippen molar-refractivity contribution in [2.75, 3.05) is 13.1 Å². The van der Waals surface area contributed by atoms with Crippen molar-refractivity contribution in [3.63, 3.8) is 0 Å². The summed E-state index contributed by atoms with van der Waals surface area (Å²) < 4.78 is 3.57. The molecular formula is C19H21N5O2. The number of pyridine rings is 2. The SMILES string of the molecule is CCn1ccc(C(=O)N2CCC[C@H](c3nnc4ccccn34)C2)cc1=O. The molecule has 1 aliphatic rings. The highest BCUT2D eigenvalue weighted by atomic mass is 16.2. The molecule has 1 aliphatic heterocycles. The van der Waals surface area contributed by atoms with Crippen molar-refractivity contribution in [2.45, 2.75) is 32.2 Å². The molecule has 0 radical (unpaired) electrons. The summed E-state index contributed by atoms with van der Waals surface area (Å²) in [5.41, 5.74) is 1.12. The van der Waals surface area contributed by atoms with Crippen LogP contribution in [0.4, 0.5) is 0 Å². The molecule has 0 unspecified atom stereocenters. The van der Waals surface area contributed by atoms with Crippen LogP contribution >= 0.6 is 0 Å². The van der Waals surface area contributed by atoms with Gasteiger partial charge in [-0.25, -0.2) is 0 Å². The number of likely N-dealkylation sites (tertiary alicyclic amines) is 1. The highest BCUT2D eigenvalue weighted by Gasteiger charge is 2.28. The molecular weight excluding hydrogens is 330 g/mol. The van der Waals surface area contributed by atoms with Crippen LogP contribution in [0.25, 0.3) is 5.65 Å². The van der Waals surface area contributed by atoms with E-state index >= 15 is 0 Å². The van der Waals surface area contributed by atoms with Gasteiger partial charge in [-0.1, -0.05) is 6.07 Å². The van der Waals surface area contributed by atoms with E-state index in [1.807, 2.05) is 40.6 Å². The van der Waals surface area contributed by atoms with E-state index in [1.54, 1.807) is 16.8 Å². The summed E-state index contributed by atoms with van der Waals surface area (Å²) in [6, 6.07) is 8.97. The fourth-order valence-electron chi connectivity index (χ4n) is 3.60. The molecule has 0 saturated carbocycles. The monoisotopic (exact) mass is 351 g/mol. The molecule has 0 spiro atoms.